The van der Waals surface area contributed by atoms with Crippen LogP contribution >= 0.6 is 0 Å². The van der Waals surface area contributed by atoms with Crippen molar-refractivity contribution in [2.45, 2.75) is 13.5 Å². The number of aliphatic hydroxyl groups excluding tert-OH is 1. The summed E-state index contributed by atoms with van der Waals surface area (Å²) in [6, 6.07) is 9.45. The van der Waals surface area contributed by atoms with Crippen molar-refractivity contribution in [1.82, 2.24) is 9.78 Å². The van der Waals surface area contributed by atoms with Gasteiger partial charge in [0, 0.05) is 7.05 Å². The van der Waals surface area contributed by atoms with Crippen molar-refractivity contribution < 1.29 is 9.84 Å². The van der Waals surface area contributed by atoms with Gasteiger partial charge in [-0.05, 0) is 19.1 Å². The molecule has 0 amide bonds. The Morgan fingerprint density at radius 2 is 2.00 bits per heavy atom. The minimum atomic E-state index is -0.0676. The molecule has 2 aromatic rings. The number of nitrogens with zero attached hydrogens (tertiary/aromatic N) is 2. The Morgan fingerprint density at radius 1 is 1.31 bits per heavy atom. The van der Waals surface area contributed by atoms with Crippen molar-refractivity contribution in [2.75, 3.05) is 0 Å². The van der Waals surface area contributed by atoms with E-state index in [9.17, 15) is 5.11 Å². The molecule has 0 saturated carbocycles. The third kappa shape index (κ3) is 1.92. The highest BCUT2D eigenvalue weighted by atomic mass is 16.5. The number of hydrogen-bond acceptors (Lipinski definition) is 3. The minimum absolute atomic E-state index is 0.0676. The number of ether oxygens (including phenoxy) is 1. The number of aliphatic hydroxyl groups is 1. The average Bonchev–Trinajstić information content (AvgIpc) is 2.55. The first kappa shape index (κ1) is 10.7. The van der Waals surface area contributed by atoms with Crippen LogP contribution in [0.2, 0.25) is 0 Å². The largest absolute Gasteiger partial charge is 0.439 e. The van der Waals surface area contributed by atoms with Crippen molar-refractivity contribution >= 4 is 0 Å². The molecule has 16 heavy (non-hydrogen) atoms. The number of aryl methyl sites for hydroxylation is 2. The van der Waals surface area contributed by atoms with Gasteiger partial charge in [-0.1, -0.05) is 18.2 Å². The molecular weight excluding hydrogens is 204 g/mol. The van der Waals surface area contributed by atoms with E-state index in [-0.39, 0.29) is 6.61 Å². The van der Waals surface area contributed by atoms with E-state index in [1.807, 2.05) is 37.3 Å². The molecule has 0 aliphatic carbocycles. The van der Waals surface area contributed by atoms with Gasteiger partial charge in [0.15, 0.2) is 0 Å². The standard InChI is InChI=1S/C12H14N2O2/c1-9-11(8-15)12(14(2)13-9)16-10-6-4-3-5-7-10/h3-7,15H,8H2,1-2H3. The number of aromatic nitrogens is 2. The van der Waals surface area contributed by atoms with Crippen molar-refractivity contribution in [3.8, 4) is 11.6 Å². The Hall–Kier alpha value is -1.81. The fourth-order valence-corrected chi connectivity index (χ4v) is 1.59. The molecule has 0 atom stereocenters. The van der Waals surface area contributed by atoms with Crippen LogP contribution < -0.4 is 4.74 Å². The lowest BCUT2D eigenvalue weighted by Crippen LogP contribution is -1.96. The smallest absolute Gasteiger partial charge is 0.223 e. The molecule has 0 spiro atoms. The van der Waals surface area contributed by atoms with E-state index < -0.39 is 0 Å². The van der Waals surface area contributed by atoms with E-state index in [2.05, 4.69) is 5.10 Å². The Balaban J connectivity index is 2.34. The first-order valence-electron chi connectivity index (χ1n) is 5.08. The molecule has 0 bridgehead atoms. The molecule has 1 heterocycles. The lowest BCUT2D eigenvalue weighted by Gasteiger charge is -2.07. The predicted octanol–water partition coefficient (Wildman–Crippen LogP) is 2.01. The number of para-hydroxylation sites is 1. The fraction of sp³-hybridized carbons (Fsp3) is 0.250. The van der Waals surface area contributed by atoms with Gasteiger partial charge in [0.05, 0.1) is 17.9 Å². The first-order chi connectivity index (χ1) is 7.72. The molecule has 0 saturated heterocycles. The Morgan fingerprint density at radius 3 is 2.62 bits per heavy atom. The summed E-state index contributed by atoms with van der Waals surface area (Å²) in [5.74, 6) is 1.33. The van der Waals surface area contributed by atoms with Crippen molar-refractivity contribution in [1.29, 1.82) is 0 Å². The van der Waals surface area contributed by atoms with Gasteiger partial charge in [0.25, 0.3) is 0 Å². The van der Waals surface area contributed by atoms with E-state index in [1.165, 1.54) is 0 Å². The number of benzene rings is 1. The summed E-state index contributed by atoms with van der Waals surface area (Å²) in [5.41, 5.74) is 1.52. The van der Waals surface area contributed by atoms with Gasteiger partial charge in [-0.3, -0.25) is 0 Å². The summed E-state index contributed by atoms with van der Waals surface area (Å²) < 4.78 is 7.33. The summed E-state index contributed by atoms with van der Waals surface area (Å²) in [5, 5.41) is 13.5. The van der Waals surface area contributed by atoms with Gasteiger partial charge < -0.3 is 9.84 Å². The third-order valence-corrected chi connectivity index (χ3v) is 2.40. The molecule has 4 heteroatoms. The SMILES string of the molecule is Cc1nn(C)c(Oc2ccccc2)c1CO. The van der Waals surface area contributed by atoms with Crippen LogP contribution in [-0.4, -0.2) is 14.9 Å². The van der Waals surface area contributed by atoms with Crippen LogP contribution in [0.3, 0.4) is 0 Å². The maximum atomic E-state index is 9.26. The van der Waals surface area contributed by atoms with Crippen LogP contribution in [0.25, 0.3) is 0 Å². The lowest BCUT2D eigenvalue weighted by molar-refractivity contribution is 0.274. The van der Waals surface area contributed by atoms with E-state index in [0.29, 0.717) is 5.88 Å². The zero-order valence-corrected chi connectivity index (χ0v) is 9.34. The molecule has 2 rings (SSSR count). The van der Waals surface area contributed by atoms with Gasteiger partial charge in [-0.25, -0.2) is 4.68 Å². The quantitative estimate of drug-likeness (QED) is 0.857. The topological polar surface area (TPSA) is 47.3 Å². The maximum Gasteiger partial charge on any atom is 0.223 e. The number of rotatable bonds is 3. The highest BCUT2D eigenvalue weighted by Gasteiger charge is 2.14. The Kier molecular flexibility index (Phi) is 2.92. The van der Waals surface area contributed by atoms with Crippen molar-refractivity contribution in [3.05, 3.63) is 41.6 Å². The molecule has 0 radical (unpaired) electrons. The summed E-state index contributed by atoms with van der Waals surface area (Å²) in [4.78, 5) is 0. The van der Waals surface area contributed by atoms with Crippen LogP contribution in [0.4, 0.5) is 0 Å². The van der Waals surface area contributed by atoms with Crippen LogP contribution in [0, 0.1) is 6.92 Å². The summed E-state index contributed by atoms with van der Waals surface area (Å²) in [7, 11) is 1.80. The molecule has 1 aromatic heterocycles. The highest BCUT2D eigenvalue weighted by Crippen LogP contribution is 2.26. The van der Waals surface area contributed by atoms with Crippen LogP contribution in [0.15, 0.2) is 30.3 Å². The molecule has 4 nitrogen and oxygen atoms in total. The van der Waals surface area contributed by atoms with Crippen LogP contribution in [0.5, 0.6) is 11.6 Å². The maximum absolute atomic E-state index is 9.26. The van der Waals surface area contributed by atoms with Gasteiger partial charge >= 0.3 is 0 Å². The molecule has 1 aromatic carbocycles. The second kappa shape index (κ2) is 4.37. The summed E-state index contributed by atoms with van der Waals surface area (Å²) >= 11 is 0. The molecule has 0 fully saturated rings. The van der Waals surface area contributed by atoms with Crippen LogP contribution in [0.1, 0.15) is 11.3 Å². The van der Waals surface area contributed by atoms with Gasteiger partial charge in [-0.2, -0.15) is 5.10 Å². The normalized spacial score (nSPS) is 10.4. The Labute approximate surface area is 94.1 Å². The van der Waals surface area contributed by atoms with Gasteiger partial charge in [-0.15, -0.1) is 0 Å². The molecule has 84 valence electrons. The van der Waals surface area contributed by atoms with E-state index in [1.54, 1.807) is 11.7 Å². The fourth-order valence-electron chi connectivity index (χ4n) is 1.59. The average molecular weight is 218 g/mol. The predicted molar refractivity (Wildman–Crippen MR) is 60.4 cm³/mol. The lowest BCUT2D eigenvalue weighted by atomic mass is 10.2. The third-order valence-electron chi connectivity index (χ3n) is 2.40. The van der Waals surface area contributed by atoms with E-state index in [4.69, 9.17) is 4.74 Å². The first-order valence-corrected chi connectivity index (χ1v) is 5.08. The molecule has 1 N–H and O–H groups in total. The zero-order chi connectivity index (χ0) is 11.5. The summed E-state index contributed by atoms with van der Waals surface area (Å²) in [6.07, 6.45) is 0. The van der Waals surface area contributed by atoms with Gasteiger partial charge in [0.1, 0.15) is 5.75 Å². The second-order valence-electron chi connectivity index (χ2n) is 3.57. The molecule has 0 unspecified atom stereocenters. The molecule has 0 aliphatic rings. The van der Waals surface area contributed by atoms with Crippen molar-refractivity contribution in [3.63, 3.8) is 0 Å². The molecular formula is C12H14N2O2. The zero-order valence-electron chi connectivity index (χ0n) is 9.34. The number of hydrogen-bond donors (Lipinski definition) is 1. The van der Waals surface area contributed by atoms with Gasteiger partial charge in [0.2, 0.25) is 5.88 Å². The Bertz CT molecular complexity index is 477. The second-order valence-corrected chi connectivity index (χ2v) is 3.57. The van der Waals surface area contributed by atoms with Crippen LogP contribution in [-0.2, 0) is 13.7 Å². The summed E-state index contributed by atoms with van der Waals surface area (Å²) in [6.45, 7) is 1.78. The highest BCUT2D eigenvalue weighted by molar-refractivity contribution is 5.34. The minimum Gasteiger partial charge on any atom is -0.439 e. The van der Waals surface area contributed by atoms with Crippen molar-refractivity contribution in [2.24, 2.45) is 7.05 Å². The van der Waals surface area contributed by atoms with E-state index in [0.717, 1.165) is 17.0 Å². The van der Waals surface area contributed by atoms with E-state index >= 15 is 0 Å². The molecule has 0 aliphatic heterocycles. The monoisotopic (exact) mass is 218 g/mol.